The van der Waals surface area contributed by atoms with Gasteiger partial charge in [-0.25, -0.2) is 8.78 Å². The highest BCUT2D eigenvalue weighted by atomic mass is 127. The number of halogens is 3. The molecule has 0 amide bonds. The third-order valence-electron chi connectivity index (χ3n) is 4.57. The smallest absolute Gasteiger partial charge is 0.191 e. The summed E-state index contributed by atoms with van der Waals surface area (Å²) in [6.07, 6.45) is 5.02. The SMILES string of the molecule is I.NC(=NCC1(c2c(F)cccc2F)CC1)N1CCCCC1. The van der Waals surface area contributed by atoms with E-state index in [2.05, 4.69) is 9.89 Å². The second-order valence-electron chi connectivity index (χ2n) is 6.10. The highest BCUT2D eigenvalue weighted by molar-refractivity contribution is 14.0. The van der Waals surface area contributed by atoms with Gasteiger partial charge in [-0.3, -0.25) is 4.99 Å². The number of likely N-dealkylation sites (tertiary alicyclic amines) is 1. The van der Waals surface area contributed by atoms with E-state index in [4.69, 9.17) is 5.73 Å². The molecule has 22 heavy (non-hydrogen) atoms. The van der Waals surface area contributed by atoms with Crippen molar-refractivity contribution in [2.45, 2.75) is 37.5 Å². The Labute approximate surface area is 147 Å². The first-order valence-corrected chi connectivity index (χ1v) is 7.62. The molecule has 3 rings (SSSR count). The van der Waals surface area contributed by atoms with Gasteiger partial charge in [-0.2, -0.15) is 0 Å². The Hall–Kier alpha value is -0.920. The first-order chi connectivity index (χ1) is 10.1. The largest absolute Gasteiger partial charge is 0.370 e. The van der Waals surface area contributed by atoms with E-state index in [0.29, 0.717) is 12.5 Å². The van der Waals surface area contributed by atoms with Crippen LogP contribution < -0.4 is 5.73 Å². The Kier molecular flexibility index (Phi) is 5.63. The highest BCUT2D eigenvalue weighted by Gasteiger charge is 2.47. The van der Waals surface area contributed by atoms with E-state index < -0.39 is 17.0 Å². The van der Waals surface area contributed by atoms with Crippen LogP contribution in [-0.4, -0.2) is 30.5 Å². The van der Waals surface area contributed by atoms with Crippen LogP contribution in [0.1, 0.15) is 37.7 Å². The van der Waals surface area contributed by atoms with Crippen molar-refractivity contribution in [3.63, 3.8) is 0 Å². The third-order valence-corrected chi connectivity index (χ3v) is 4.57. The Balaban J connectivity index is 0.00000176. The molecule has 6 heteroatoms. The molecule has 0 bridgehead atoms. The molecular weight excluding hydrogens is 399 g/mol. The Morgan fingerprint density at radius 3 is 2.27 bits per heavy atom. The lowest BCUT2D eigenvalue weighted by Crippen LogP contribution is -2.41. The van der Waals surface area contributed by atoms with E-state index in [1.165, 1.54) is 24.6 Å². The average Bonchev–Trinajstić information content (AvgIpc) is 3.26. The standard InChI is InChI=1S/C16H21F2N3.HI/c17-12-5-4-6-13(18)14(12)16(7-8-16)11-20-15(19)21-9-2-1-3-10-21;/h4-6H,1-3,7-11H2,(H2,19,20);1H. The maximum Gasteiger partial charge on any atom is 0.191 e. The van der Waals surface area contributed by atoms with Crippen LogP contribution in [-0.2, 0) is 5.41 Å². The molecule has 122 valence electrons. The predicted octanol–water partition coefficient (Wildman–Crippen LogP) is 3.42. The van der Waals surface area contributed by atoms with Gasteiger partial charge < -0.3 is 10.6 Å². The molecular formula is C16H22F2IN3. The van der Waals surface area contributed by atoms with Gasteiger partial charge in [-0.1, -0.05) is 6.07 Å². The highest BCUT2D eigenvalue weighted by Crippen LogP contribution is 2.50. The van der Waals surface area contributed by atoms with Gasteiger partial charge >= 0.3 is 0 Å². The normalized spacial score (nSPS) is 20.5. The Morgan fingerprint density at radius 1 is 1.14 bits per heavy atom. The monoisotopic (exact) mass is 421 g/mol. The van der Waals surface area contributed by atoms with Crippen molar-refractivity contribution in [3.8, 4) is 0 Å². The van der Waals surface area contributed by atoms with Crippen molar-refractivity contribution in [1.29, 1.82) is 0 Å². The van der Waals surface area contributed by atoms with E-state index in [0.717, 1.165) is 38.8 Å². The molecule has 0 unspecified atom stereocenters. The first-order valence-electron chi connectivity index (χ1n) is 7.62. The van der Waals surface area contributed by atoms with Crippen molar-refractivity contribution in [2.75, 3.05) is 19.6 Å². The van der Waals surface area contributed by atoms with Crippen LogP contribution in [0.3, 0.4) is 0 Å². The van der Waals surface area contributed by atoms with Crippen molar-refractivity contribution >= 4 is 29.9 Å². The summed E-state index contributed by atoms with van der Waals surface area (Å²) in [4.78, 5) is 6.49. The van der Waals surface area contributed by atoms with Gasteiger partial charge in [0, 0.05) is 24.1 Å². The van der Waals surface area contributed by atoms with Gasteiger partial charge in [0.05, 0.1) is 6.54 Å². The Bertz CT molecular complexity index is 532. The summed E-state index contributed by atoms with van der Waals surface area (Å²) in [5, 5.41) is 0. The summed E-state index contributed by atoms with van der Waals surface area (Å²) in [6, 6.07) is 4.03. The first kappa shape index (κ1) is 17.4. The van der Waals surface area contributed by atoms with Gasteiger partial charge in [-0.15, -0.1) is 24.0 Å². The maximum atomic E-state index is 13.9. The van der Waals surface area contributed by atoms with Crippen LogP contribution >= 0.6 is 24.0 Å². The zero-order valence-electron chi connectivity index (χ0n) is 12.5. The van der Waals surface area contributed by atoms with E-state index in [-0.39, 0.29) is 29.5 Å². The van der Waals surface area contributed by atoms with Gasteiger partial charge in [0.1, 0.15) is 11.6 Å². The molecule has 1 aliphatic heterocycles. The van der Waals surface area contributed by atoms with Crippen LogP contribution in [0.5, 0.6) is 0 Å². The van der Waals surface area contributed by atoms with E-state index in [1.807, 2.05) is 0 Å². The summed E-state index contributed by atoms with van der Waals surface area (Å²) >= 11 is 0. The molecule has 1 heterocycles. The molecule has 2 aliphatic rings. The van der Waals surface area contributed by atoms with Gasteiger partial charge in [0.2, 0.25) is 0 Å². The van der Waals surface area contributed by atoms with Gasteiger partial charge in [-0.05, 0) is 44.2 Å². The molecule has 0 aromatic heterocycles. The zero-order valence-corrected chi connectivity index (χ0v) is 14.9. The topological polar surface area (TPSA) is 41.6 Å². The van der Waals surface area contributed by atoms with Gasteiger partial charge in [0.25, 0.3) is 0 Å². The maximum absolute atomic E-state index is 13.9. The minimum Gasteiger partial charge on any atom is -0.370 e. The second kappa shape index (κ2) is 7.10. The fraction of sp³-hybridized carbons (Fsp3) is 0.562. The fourth-order valence-corrected chi connectivity index (χ4v) is 3.10. The molecule has 3 nitrogen and oxygen atoms in total. The number of guanidine groups is 1. The molecule has 1 aliphatic carbocycles. The van der Waals surface area contributed by atoms with E-state index in [1.54, 1.807) is 0 Å². The molecule has 0 spiro atoms. The summed E-state index contributed by atoms with van der Waals surface area (Å²) < 4.78 is 27.9. The van der Waals surface area contributed by atoms with Crippen LogP contribution in [0.15, 0.2) is 23.2 Å². The molecule has 2 fully saturated rings. The van der Waals surface area contributed by atoms with Crippen LogP contribution in [0, 0.1) is 11.6 Å². The number of benzene rings is 1. The lowest BCUT2D eigenvalue weighted by Gasteiger charge is -2.28. The number of rotatable bonds is 3. The minimum atomic E-state index is -0.490. The molecule has 0 radical (unpaired) electrons. The summed E-state index contributed by atoms with van der Waals surface area (Å²) in [6.45, 7) is 2.22. The van der Waals surface area contributed by atoms with E-state index in [9.17, 15) is 8.78 Å². The second-order valence-corrected chi connectivity index (χ2v) is 6.10. The summed E-state index contributed by atoms with van der Waals surface area (Å²) in [5.74, 6) is -0.434. The molecule has 2 N–H and O–H groups in total. The average molecular weight is 421 g/mol. The Morgan fingerprint density at radius 2 is 1.73 bits per heavy atom. The van der Waals surface area contributed by atoms with Crippen molar-refractivity contribution in [3.05, 3.63) is 35.4 Å². The summed E-state index contributed by atoms with van der Waals surface area (Å²) in [7, 11) is 0. The van der Waals surface area contributed by atoms with Crippen molar-refractivity contribution in [2.24, 2.45) is 10.7 Å². The fourth-order valence-electron chi connectivity index (χ4n) is 3.10. The van der Waals surface area contributed by atoms with Crippen LogP contribution in [0.25, 0.3) is 0 Å². The molecule has 1 aromatic rings. The van der Waals surface area contributed by atoms with Gasteiger partial charge in [0.15, 0.2) is 5.96 Å². The predicted molar refractivity (Wildman–Crippen MR) is 94.6 cm³/mol. The van der Waals surface area contributed by atoms with E-state index >= 15 is 0 Å². The zero-order chi connectivity index (χ0) is 14.9. The lowest BCUT2D eigenvalue weighted by molar-refractivity contribution is 0.337. The third kappa shape index (κ3) is 3.52. The van der Waals surface area contributed by atoms with Crippen molar-refractivity contribution in [1.82, 2.24) is 4.90 Å². The molecule has 1 saturated carbocycles. The molecule has 0 atom stereocenters. The van der Waals surface area contributed by atoms with Crippen molar-refractivity contribution < 1.29 is 8.78 Å². The number of nitrogens with two attached hydrogens (primary N) is 1. The summed E-state index contributed by atoms with van der Waals surface area (Å²) in [5.41, 5.74) is 5.72. The number of hydrogen-bond donors (Lipinski definition) is 1. The lowest BCUT2D eigenvalue weighted by atomic mass is 9.95. The van der Waals surface area contributed by atoms with Crippen LogP contribution in [0.2, 0.25) is 0 Å². The number of piperidine rings is 1. The quantitative estimate of drug-likeness (QED) is 0.462. The number of aliphatic imine (C=N–C) groups is 1. The van der Waals surface area contributed by atoms with Crippen LogP contribution in [0.4, 0.5) is 8.78 Å². The number of nitrogens with zero attached hydrogens (tertiary/aromatic N) is 2. The number of hydrogen-bond acceptors (Lipinski definition) is 1. The minimum absolute atomic E-state index is 0. The molecule has 1 aromatic carbocycles. The molecule has 1 saturated heterocycles.